The number of carbonyl (C=O) groups excluding carboxylic acids is 2. The smallest absolute Gasteiger partial charge is 0.321 e. The molecule has 0 heterocycles. The summed E-state index contributed by atoms with van der Waals surface area (Å²) < 4.78 is 0. The second-order valence-electron chi connectivity index (χ2n) is 6.80. The van der Waals surface area contributed by atoms with E-state index in [0.717, 1.165) is 6.42 Å². The number of quaternary nitrogens is 1. The Morgan fingerprint density at radius 2 is 1.58 bits per heavy atom. The first-order valence-electron chi connectivity index (χ1n) is 8.77. The molecule has 0 aromatic heterocycles. The molecule has 5 heteroatoms. The van der Waals surface area contributed by atoms with Crippen LogP contribution in [0.4, 0.5) is 4.79 Å². The number of rotatable bonds is 7. The van der Waals surface area contributed by atoms with Crippen LogP contribution in [-0.4, -0.2) is 25.0 Å². The lowest BCUT2D eigenvalue weighted by atomic mass is 9.91. The van der Waals surface area contributed by atoms with Crippen LogP contribution in [-0.2, 0) is 4.79 Å². The third kappa shape index (κ3) is 5.64. The van der Waals surface area contributed by atoms with Gasteiger partial charge in [0.25, 0.3) is 5.91 Å². The fraction of sp³-hybridized carbons (Fsp3) is 0.579. The molecule has 0 radical (unpaired) electrons. The Labute approximate surface area is 145 Å². The number of imide groups is 1. The van der Waals surface area contributed by atoms with Crippen molar-refractivity contribution in [3.8, 4) is 0 Å². The van der Waals surface area contributed by atoms with Crippen LogP contribution in [0.5, 0.6) is 0 Å². The van der Waals surface area contributed by atoms with Crippen molar-refractivity contribution < 1.29 is 14.9 Å². The van der Waals surface area contributed by atoms with Gasteiger partial charge in [0.2, 0.25) is 0 Å². The SMILES string of the molecule is CC[C@@H](C)c1ccc([C@H]([NH2+][C@@H](C)C(=O)NC(=O)NC)C(C)C)cc1. The summed E-state index contributed by atoms with van der Waals surface area (Å²) in [6.07, 6.45) is 1.12. The highest BCUT2D eigenvalue weighted by Gasteiger charge is 2.26. The summed E-state index contributed by atoms with van der Waals surface area (Å²) in [7, 11) is 1.49. The summed E-state index contributed by atoms with van der Waals surface area (Å²) >= 11 is 0. The summed E-state index contributed by atoms with van der Waals surface area (Å²) in [5.74, 6) is 0.642. The first-order chi connectivity index (χ1) is 11.3. The quantitative estimate of drug-likeness (QED) is 0.716. The van der Waals surface area contributed by atoms with Gasteiger partial charge in [0.05, 0.1) is 0 Å². The van der Waals surface area contributed by atoms with Crippen LogP contribution in [0.3, 0.4) is 0 Å². The fourth-order valence-corrected chi connectivity index (χ4v) is 2.69. The number of urea groups is 1. The van der Waals surface area contributed by atoms with E-state index in [1.165, 1.54) is 18.2 Å². The van der Waals surface area contributed by atoms with Crippen molar-refractivity contribution in [1.29, 1.82) is 0 Å². The van der Waals surface area contributed by atoms with Gasteiger partial charge in [-0.25, -0.2) is 4.79 Å². The van der Waals surface area contributed by atoms with E-state index < -0.39 is 6.03 Å². The topological polar surface area (TPSA) is 74.8 Å². The fourth-order valence-electron chi connectivity index (χ4n) is 2.69. The molecule has 5 nitrogen and oxygen atoms in total. The second kappa shape index (κ2) is 9.42. The van der Waals surface area contributed by atoms with Crippen molar-refractivity contribution in [2.75, 3.05) is 7.05 Å². The lowest BCUT2D eigenvalue weighted by molar-refractivity contribution is -0.719. The van der Waals surface area contributed by atoms with Crippen LogP contribution in [0.1, 0.15) is 64.1 Å². The Bertz CT molecular complexity index is 540. The van der Waals surface area contributed by atoms with Crippen LogP contribution < -0.4 is 16.0 Å². The van der Waals surface area contributed by atoms with Gasteiger partial charge in [-0.2, -0.15) is 0 Å². The molecule has 0 aliphatic rings. The Hall–Kier alpha value is -1.88. The van der Waals surface area contributed by atoms with Gasteiger partial charge >= 0.3 is 6.03 Å². The highest BCUT2D eigenvalue weighted by Crippen LogP contribution is 2.23. The molecule has 0 spiro atoms. The molecule has 134 valence electrons. The maximum Gasteiger partial charge on any atom is 0.321 e. The number of nitrogens with one attached hydrogen (secondary N) is 2. The molecule has 24 heavy (non-hydrogen) atoms. The Kier molecular flexibility index (Phi) is 7.92. The summed E-state index contributed by atoms with van der Waals surface area (Å²) in [5, 5.41) is 6.76. The Morgan fingerprint density at radius 3 is 2.04 bits per heavy atom. The number of nitrogens with two attached hydrogens (primary N) is 1. The third-order valence-electron chi connectivity index (χ3n) is 4.59. The van der Waals surface area contributed by atoms with Crippen molar-refractivity contribution in [3.63, 3.8) is 0 Å². The van der Waals surface area contributed by atoms with Crippen LogP contribution in [0.2, 0.25) is 0 Å². The average molecular weight is 334 g/mol. The first kappa shape index (κ1) is 20.2. The molecule has 0 bridgehead atoms. The zero-order valence-corrected chi connectivity index (χ0v) is 15.7. The number of hydrogen-bond donors (Lipinski definition) is 3. The first-order valence-corrected chi connectivity index (χ1v) is 8.77. The second-order valence-corrected chi connectivity index (χ2v) is 6.80. The van der Waals surface area contributed by atoms with E-state index in [-0.39, 0.29) is 18.0 Å². The lowest BCUT2D eigenvalue weighted by Gasteiger charge is -2.23. The van der Waals surface area contributed by atoms with Crippen molar-refractivity contribution in [3.05, 3.63) is 35.4 Å². The maximum atomic E-state index is 12.1. The van der Waals surface area contributed by atoms with Crippen molar-refractivity contribution >= 4 is 11.9 Å². The van der Waals surface area contributed by atoms with Gasteiger partial charge in [-0.05, 0) is 24.8 Å². The lowest BCUT2D eigenvalue weighted by Crippen LogP contribution is -2.93. The van der Waals surface area contributed by atoms with E-state index >= 15 is 0 Å². The number of benzene rings is 1. The van der Waals surface area contributed by atoms with Crippen LogP contribution in [0.15, 0.2) is 24.3 Å². The van der Waals surface area contributed by atoms with Crippen LogP contribution >= 0.6 is 0 Å². The highest BCUT2D eigenvalue weighted by atomic mass is 16.2. The van der Waals surface area contributed by atoms with E-state index in [1.807, 2.05) is 12.2 Å². The molecule has 0 saturated carbocycles. The standard InChI is InChI=1S/C19H31N3O2/c1-7-13(4)15-8-10-16(11-9-15)17(12(2)3)21-14(5)18(23)22-19(24)20-6/h8-14,17,21H,7H2,1-6H3,(H2,20,22,23,24)/p+1/t13-,14+,17-/m1/s1. The van der Waals surface area contributed by atoms with Crippen molar-refractivity contribution in [2.45, 2.75) is 59.0 Å². The number of hydrogen-bond acceptors (Lipinski definition) is 2. The van der Waals surface area contributed by atoms with Crippen molar-refractivity contribution in [2.24, 2.45) is 5.92 Å². The van der Waals surface area contributed by atoms with Crippen molar-refractivity contribution in [1.82, 2.24) is 10.6 Å². The molecule has 0 saturated heterocycles. The predicted molar refractivity (Wildman–Crippen MR) is 96.7 cm³/mol. The molecular formula is C19H32N3O2+. The zero-order chi connectivity index (χ0) is 18.3. The largest absolute Gasteiger partial charge is 0.341 e. The van der Waals surface area contributed by atoms with Gasteiger partial charge in [-0.15, -0.1) is 0 Å². The van der Waals surface area contributed by atoms with Crippen LogP contribution in [0.25, 0.3) is 0 Å². The molecule has 3 amide bonds. The minimum Gasteiger partial charge on any atom is -0.341 e. The van der Waals surface area contributed by atoms with E-state index in [4.69, 9.17) is 0 Å². The third-order valence-corrected chi connectivity index (χ3v) is 4.59. The highest BCUT2D eigenvalue weighted by molar-refractivity contribution is 5.95. The molecule has 0 aliphatic carbocycles. The molecule has 0 aliphatic heterocycles. The normalized spacial score (nSPS) is 14.8. The molecular weight excluding hydrogens is 302 g/mol. The predicted octanol–water partition coefficient (Wildman–Crippen LogP) is 2.30. The van der Waals surface area contributed by atoms with Gasteiger partial charge in [0.15, 0.2) is 6.04 Å². The summed E-state index contributed by atoms with van der Waals surface area (Å²) in [6, 6.07) is 8.03. The number of carbonyl (C=O) groups is 2. The average Bonchev–Trinajstić information content (AvgIpc) is 2.58. The molecule has 0 fully saturated rings. The van der Waals surface area contributed by atoms with Gasteiger partial charge in [0.1, 0.15) is 6.04 Å². The van der Waals surface area contributed by atoms with Gasteiger partial charge < -0.3 is 10.6 Å². The van der Waals surface area contributed by atoms with E-state index in [1.54, 1.807) is 0 Å². The van der Waals surface area contributed by atoms with Gasteiger partial charge in [0, 0.05) is 18.5 Å². The molecule has 1 aromatic rings. The minimum atomic E-state index is -0.473. The van der Waals surface area contributed by atoms with Gasteiger partial charge in [-0.1, -0.05) is 52.0 Å². The maximum absolute atomic E-state index is 12.1. The van der Waals surface area contributed by atoms with E-state index in [9.17, 15) is 9.59 Å². The molecule has 4 N–H and O–H groups in total. The number of amides is 3. The van der Waals surface area contributed by atoms with Gasteiger partial charge in [-0.3, -0.25) is 10.1 Å². The summed E-state index contributed by atoms with van der Waals surface area (Å²) in [4.78, 5) is 23.4. The molecule has 1 aromatic carbocycles. The zero-order valence-electron chi connectivity index (χ0n) is 15.7. The van der Waals surface area contributed by atoms with E-state index in [0.29, 0.717) is 11.8 Å². The molecule has 3 atom stereocenters. The Morgan fingerprint density at radius 1 is 1.04 bits per heavy atom. The van der Waals surface area contributed by atoms with E-state index in [2.05, 4.69) is 62.6 Å². The van der Waals surface area contributed by atoms with Crippen LogP contribution in [0, 0.1) is 5.92 Å². The summed E-state index contributed by atoms with van der Waals surface area (Å²) in [5.41, 5.74) is 2.55. The molecule has 1 rings (SSSR count). The minimum absolute atomic E-state index is 0.168. The Balaban J connectivity index is 2.83. The monoisotopic (exact) mass is 334 g/mol. The molecule has 0 unspecified atom stereocenters. The summed E-state index contributed by atoms with van der Waals surface area (Å²) in [6.45, 7) is 10.5.